The highest BCUT2D eigenvalue weighted by atomic mass is 16.2. The summed E-state index contributed by atoms with van der Waals surface area (Å²) in [6.07, 6.45) is 5.13. The molecule has 1 aliphatic heterocycles. The molecule has 3 heterocycles. The summed E-state index contributed by atoms with van der Waals surface area (Å²) in [4.78, 5) is 31.0. The molecule has 2 saturated carbocycles. The summed E-state index contributed by atoms with van der Waals surface area (Å²) in [7, 11) is 3.66. The van der Waals surface area contributed by atoms with Gasteiger partial charge in [-0.15, -0.1) is 0 Å². The van der Waals surface area contributed by atoms with E-state index in [9.17, 15) is 9.59 Å². The molecule has 5 nitrogen and oxygen atoms in total. The number of carbonyl (C=O) groups is 1. The zero-order valence-electron chi connectivity index (χ0n) is 15.5. The molecule has 5 heteroatoms. The highest BCUT2D eigenvalue weighted by Gasteiger charge is 2.67. The zero-order chi connectivity index (χ0) is 18.5. The first-order valence-corrected chi connectivity index (χ1v) is 9.62. The van der Waals surface area contributed by atoms with E-state index in [1.165, 1.54) is 18.5 Å². The molecule has 2 unspecified atom stereocenters. The van der Waals surface area contributed by atoms with Gasteiger partial charge in [0.1, 0.15) is 5.52 Å². The van der Waals surface area contributed by atoms with E-state index in [4.69, 9.17) is 0 Å². The topological polar surface area (TPSA) is 58.1 Å². The van der Waals surface area contributed by atoms with Crippen molar-refractivity contribution < 1.29 is 4.79 Å². The molecule has 1 amide bonds. The van der Waals surface area contributed by atoms with Crippen LogP contribution in [0, 0.1) is 0 Å². The molecule has 2 atom stereocenters. The minimum absolute atomic E-state index is 0.00520. The Kier molecular flexibility index (Phi) is 2.66. The number of aryl methyl sites for hydroxylation is 1. The Morgan fingerprint density at radius 2 is 1.93 bits per heavy atom. The highest BCUT2D eigenvalue weighted by molar-refractivity contribution is 6.11. The first-order chi connectivity index (χ1) is 13.0. The van der Waals surface area contributed by atoms with Crippen LogP contribution in [0.3, 0.4) is 0 Å². The Morgan fingerprint density at radius 1 is 1.15 bits per heavy atom. The van der Waals surface area contributed by atoms with Crippen LogP contribution in [0.4, 0.5) is 5.69 Å². The Hall–Kier alpha value is -2.82. The maximum Gasteiger partial charge on any atom is 0.274 e. The summed E-state index contributed by atoms with van der Waals surface area (Å²) in [6.45, 7) is 0. The number of likely N-dealkylation sites (N-methyl/N-ethyl adjacent to an activating group) is 1. The molecule has 3 aromatic rings. The number of hydrogen-bond acceptors (Lipinski definition) is 2. The summed E-state index contributed by atoms with van der Waals surface area (Å²) < 4.78 is 1.66. The number of amides is 1. The summed E-state index contributed by atoms with van der Waals surface area (Å²) in [5.74, 6) is 0.852. The van der Waals surface area contributed by atoms with Gasteiger partial charge in [-0.05, 0) is 48.4 Å². The monoisotopic (exact) mass is 359 g/mol. The lowest BCUT2D eigenvalue weighted by Crippen LogP contribution is -2.29. The Morgan fingerprint density at radius 3 is 2.70 bits per heavy atom. The quantitative estimate of drug-likeness (QED) is 0.764. The number of aromatic nitrogens is 2. The lowest BCUT2D eigenvalue weighted by molar-refractivity contribution is -0.120. The van der Waals surface area contributed by atoms with Crippen molar-refractivity contribution in [1.29, 1.82) is 0 Å². The van der Waals surface area contributed by atoms with Crippen LogP contribution in [0.1, 0.15) is 47.9 Å². The van der Waals surface area contributed by atoms with Crippen LogP contribution in [0.5, 0.6) is 0 Å². The van der Waals surface area contributed by atoms with E-state index in [2.05, 4.69) is 17.1 Å². The standard InChI is InChI=1S/C22H21N3O2/c1-24-11-14(13-9-17(12-7-8-12)23-19(13)20(24)26)16-10-22(16)15-5-3-4-6-18(15)25(2)21(22)27/h3-6,9,11-12,16,23H,7-8,10H2,1-2H3. The fourth-order valence-corrected chi connectivity index (χ4v) is 5.12. The molecule has 0 bridgehead atoms. The number of aromatic amines is 1. The van der Waals surface area contributed by atoms with Crippen molar-refractivity contribution in [3.63, 3.8) is 0 Å². The Labute approximate surface area is 156 Å². The van der Waals surface area contributed by atoms with Crippen molar-refractivity contribution in [3.05, 3.63) is 63.7 Å². The van der Waals surface area contributed by atoms with Gasteiger partial charge >= 0.3 is 0 Å². The third kappa shape index (κ3) is 1.79. The normalized spacial score (nSPS) is 26.2. The number of anilines is 1. The SMILES string of the molecule is CN1C(=O)C2(CC2c2cn(C)c(=O)c3[nH]c(C4CC4)cc23)c2ccccc21. The molecule has 3 aliphatic rings. The van der Waals surface area contributed by atoms with Gasteiger partial charge in [0.05, 0.1) is 5.41 Å². The second-order valence-corrected chi connectivity index (χ2v) is 8.40. The summed E-state index contributed by atoms with van der Waals surface area (Å²) in [6, 6.07) is 10.3. The Bertz CT molecular complexity index is 1200. The summed E-state index contributed by atoms with van der Waals surface area (Å²) in [5.41, 5.74) is 4.65. The predicted molar refractivity (Wildman–Crippen MR) is 104 cm³/mol. The predicted octanol–water partition coefficient (Wildman–Crippen LogP) is 3.15. The fourth-order valence-electron chi connectivity index (χ4n) is 5.12. The molecule has 0 radical (unpaired) electrons. The van der Waals surface area contributed by atoms with Gasteiger partial charge in [0.2, 0.25) is 5.91 Å². The Balaban J connectivity index is 1.55. The number of H-pyrrole nitrogens is 1. The lowest BCUT2D eigenvalue weighted by atomic mass is 9.91. The van der Waals surface area contributed by atoms with Crippen LogP contribution in [-0.4, -0.2) is 22.5 Å². The van der Waals surface area contributed by atoms with Crippen LogP contribution in [0.25, 0.3) is 10.9 Å². The van der Waals surface area contributed by atoms with E-state index >= 15 is 0 Å². The van der Waals surface area contributed by atoms with Gasteiger partial charge in [-0.2, -0.15) is 0 Å². The van der Waals surface area contributed by atoms with E-state index < -0.39 is 5.41 Å². The van der Waals surface area contributed by atoms with Crippen LogP contribution in [-0.2, 0) is 17.3 Å². The van der Waals surface area contributed by atoms with Gasteiger partial charge in [-0.3, -0.25) is 9.59 Å². The van der Waals surface area contributed by atoms with Crippen molar-refractivity contribution >= 4 is 22.5 Å². The van der Waals surface area contributed by atoms with Crippen molar-refractivity contribution in [2.24, 2.45) is 7.05 Å². The molecule has 1 N–H and O–H groups in total. The number of para-hydroxylation sites is 1. The third-order valence-corrected chi connectivity index (χ3v) is 6.80. The van der Waals surface area contributed by atoms with Gasteiger partial charge in [0.25, 0.3) is 5.56 Å². The average Bonchev–Trinajstić information content (AvgIpc) is 3.59. The molecule has 2 aromatic heterocycles. The molecule has 27 heavy (non-hydrogen) atoms. The van der Waals surface area contributed by atoms with Crippen molar-refractivity contribution in [2.75, 3.05) is 11.9 Å². The molecular formula is C22H21N3O2. The molecule has 2 aliphatic carbocycles. The van der Waals surface area contributed by atoms with Gasteiger partial charge in [-0.25, -0.2) is 0 Å². The minimum Gasteiger partial charge on any atom is -0.354 e. The molecule has 1 aromatic carbocycles. The number of hydrogen-bond donors (Lipinski definition) is 1. The number of nitrogens with one attached hydrogen (secondary N) is 1. The minimum atomic E-state index is -0.466. The number of nitrogens with zero attached hydrogens (tertiary/aromatic N) is 2. The molecule has 136 valence electrons. The maximum absolute atomic E-state index is 13.2. The van der Waals surface area contributed by atoms with Crippen LogP contribution in [0.15, 0.2) is 41.3 Å². The number of rotatable bonds is 2. The third-order valence-electron chi connectivity index (χ3n) is 6.80. The van der Waals surface area contributed by atoms with E-state index in [0.717, 1.165) is 28.6 Å². The highest BCUT2D eigenvalue weighted by Crippen LogP contribution is 2.66. The van der Waals surface area contributed by atoms with Crippen LogP contribution in [0.2, 0.25) is 0 Å². The molecule has 1 spiro atoms. The van der Waals surface area contributed by atoms with Crippen LogP contribution < -0.4 is 10.5 Å². The van der Waals surface area contributed by atoms with Gasteiger partial charge in [0.15, 0.2) is 0 Å². The first-order valence-electron chi connectivity index (χ1n) is 9.62. The molecule has 6 rings (SSSR count). The second kappa shape index (κ2) is 4.71. The fraction of sp³-hybridized carbons (Fsp3) is 0.364. The van der Waals surface area contributed by atoms with Crippen molar-refractivity contribution in [1.82, 2.24) is 9.55 Å². The number of benzene rings is 1. The largest absolute Gasteiger partial charge is 0.354 e. The number of pyridine rings is 1. The van der Waals surface area contributed by atoms with E-state index in [0.29, 0.717) is 11.4 Å². The summed E-state index contributed by atoms with van der Waals surface area (Å²) in [5, 5.41) is 1.00. The van der Waals surface area contributed by atoms with E-state index in [1.54, 1.807) is 16.5 Å². The number of carbonyl (C=O) groups excluding carboxylic acids is 1. The molecular weight excluding hydrogens is 338 g/mol. The van der Waals surface area contributed by atoms with E-state index in [-0.39, 0.29) is 17.4 Å². The first kappa shape index (κ1) is 15.3. The summed E-state index contributed by atoms with van der Waals surface area (Å²) >= 11 is 0. The van der Waals surface area contributed by atoms with E-state index in [1.807, 2.05) is 31.4 Å². The van der Waals surface area contributed by atoms with Crippen molar-refractivity contribution in [3.8, 4) is 0 Å². The second-order valence-electron chi connectivity index (χ2n) is 8.40. The zero-order valence-corrected chi connectivity index (χ0v) is 15.5. The number of fused-ring (bicyclic) bond motifs is 3. The van der Waals surface area contributed by atoms with Gasteiger partial charge < -0.3 is 14.5 Å². The molecule has 0 saturated heterocycles. The van der Waals surface area contributed by atoms with Crippen molar-refractivity contribution in [2.45, 2.75) is 36.5 Å². The average molecular weight is 359 g/mol. The lowest BCUT2D eigenvalue weighted by Gasteiger charge is -2.12. The maximum atomic E-state index is 13.2. The molecule has 2 fully saturated rings. The smallest absolute Gasteiger partial charge is 0.274 e. The van der Waals surface area contributed by atoms with Gasteiger partial charge in [0, 0.05) is 43.0 Å². The van der Waals surface area contributed by atoms with Gasteiger partial charge in [-0.1, -0.05) is 18.2 Å². The van der Waals surface area contributed by atoms with Crippen LogP contribution >= 0.6 is 0 Å².